The van der Waals surface area contributed by atoms with Crippen LogP contribution in [0.15, 0.2) is 24.4 Å². The summed E-state index contributed by atoms with van der Waals surface area (Å²) in [5.41, 5.74) is 0.701. The fraction of sp³-hybridized carbons (Fsp3) is 0.312. The number of amides is 1. The number of anilines is 1. The molecule has 0 atom stereocenters. The van der Waals surface area contributed by atoms with E-state index < -0.39 is 16.5 Å². The number of nitro groups is 1. The second-order valence-corrected chi connectivity index (χ2v) is 6.02. The molecule has 8 nitrogen and oxygen atoms in total. The van der Waals surface area contributed by atoms with Crippen molar-refractivity contribution in [1.29, 1.82) is 10.8 Å². The van der Waals surface area contributed by atoms with Crippen molar-refractivity contribution in [2.45, 2.75) is 12.8 Å². The Kier molecular flexibility index (Phi) is 3.88. The first-order valence-electron chi connectivity index (χ1n) is 7.58. The molecule has 0 bridgehead atoms. The van der Waals surface area contributed by atoms with Crippen molar-refractivity contribution in [3.63, 3.8) is 0 Å². The van der Waals surface area contributed by atoms with E-state index in [0.29, 0.717) is 22.7 Å². The summed E-state index contributed by atoms with van der Waals surface area (Å²) in [6.07, 6.45) is 3.77. The summed E-state index contributed by atoms with van der Waals surface area (Å²) in [6, 6.07) is 4.41. The van der Waals surface area contributed by atoms with Gasteiger partial charge in [0.2, 0.25) is 0 Å². The standard InChI is InChI=1S/C16H17N5O3/c1-20-8-12(14(17)15(18)16(20)22)11-6-10(21(23)24)4-5-13(11)19-7-9-2-3-9/h4-6,8-9,17-19H,2-3,7H2,1H3. The summed E-state index contributed by atoms with van der Waals surface area (Å²) in [4.78, 5) is 23.6. The summed E-state index contributed by atoms with van der Waals surface area (Å²) in [7, 11) is 1.50. The van der Waals surface area contributed by atoms with E-state index in [4.69, 9.17) is 10.8 Å². The van der Waals surface area contributed by atoms with E-state index in [1.165, 1.54) is 30.3 Å². The summed E-state index contributed by atoms with van der Waals surface area (Å²) in [5, 5.41) is 30.2. The van der Waals surface area contributed by atoms with Gasteiger partial charge in [0, 0.05) is 48.7 Å². The molecular weight excluding hydrogens is 310 g/mol. The van der Waals surface area contributed by atoms with Crippen LogP contribution >= 0.6 is 0 Å². The third kappa shape index (κ3) is 2.90. The maximum atomic E-state index is 11.8. The zero-order valence-electron chi connectivity index (χ0n) is 13.1. The van der Waals surface area contributed by atoms with Crippen molar-refractivity contribution in [3.05, 3.63) is 40.1 Å². The maximum absolute atomic E-state index is 11.8. The smallest absolute Gasteiger partial charge is 0.277 e. The minimum Gasteiger partial charge on any atom is -0.384 e. The van der Waals surface area contributed by atoms with E-state index in [9.17, 15) is 14.9 Å². The highest BCUT2D eigenvalue weighted by molar-refractivity contribution is 6.75. The Morgan fingerprint density at radius 3 is 2.67 bits per heavy atom. The minimum absolute atomic E-state index is 0.0956. The number of nitrogens with zero attached hydrogens (tertiary/aromatic N) is 2. The highest BCUT2D eigenvalue weighted by Crippen LogP contribution is 2.33. The van der Waals surface area contributed by atoms with Gasteiger partial charge in [-0.3, -0.25) is 25.7 Å². The van der Waals surface area contributed by atoms with Gasteiger partial charge in [-0.2, -0.15) is 0 Å². The number of carbonyl (C=O) groups excluding carboxylic acids is 1. The lowest BCUT2D eigenvalue weighted by atomic mass is 9.94. The molecule has 1 aliphatic carbocycles. The van der Waals surface area contributed by atoms with Crippen molar-refractivity contribution in [3.8, 4) is 0 Å². The largest absolute Gasteiger partial charge is 0.384 e. The van der Waals surface area contributed by atoms with Crippen LogP contribution in [0.1, 0.15) is 18.4 Å². The molecule has 24 heavy (non-hydrogen) atoms. The zero-order valence-corrected chi connectivity index (χ0v) is 13.1. The van der Waals surface area contributed by atoms with E-state index in [-0.39, 0.29) is 11.4 Å². The molecule has 2 aliphatic rings. The Balaban J connectivity index is 2.05. The molecule has 3 rings (SSSR count). The molecule has 1 saturated carbocycles. The zero-order chi connectivity index (χ0) is 17.4. The Bertz CT molecular complexity index is 795. The number of benzene rings is 1. The number of allylic oxidation sites excluding steroid dienone is 1. The summed E-state index contributed by atoms with van der Waals surface area (Å²) in [5.74, 6) is 0.0389. The predicted molar refractivity (Wildman–Crippen MR) is 90.5 cm³/mol. The lowest BCUT2D eigenvalue weighted by molar-refractivity contribution is -0.384. The first-order chi connectivity index (χ1) is 11.4. The molecule has 1 aliphatic heterocycles. The molecule has 0 unspecified atom stereocenters. The second kappa shape index (κ2) is 5.88. The molecule has 0 saturated heterocycles. The average molecular weight is 327 g/mol. The average Bonchev–Trinajstić information content (AvgIpc) is 3.38. The van der Waals surface area contributed by atoms with Gasteiger partial charge in [-0.05, 0) is 24.8 Å². The molecule has 0 spiro atoms. The van der Waals surface area contributed by atoms with Crippen LogP contribution in [0, 0.1) is 26.9 Å². The van der Waals surface area contributed by atoms with E-state index in [1.54, 1.807) is 6.07 Å². The van der Waals surface area contributed by atoms with E-state index in [1.807, 2.05) is 0 Å². The highest BCUT2D eigenvalue weighted by Gasteiger charge is 2.30. The Morgan fingerprint density at radius 2 is 2.04 bits per heavy atom. The fourth-order valence-corrected chi connectivity index (χ4v) is 2.54. The fourth-order valence-electron chi connectivity index (χ4n) is 2.54. The monoisotopic (exact) mass is 327 g/mol. The number of hydrogen-bond acceptors (Lipinski definition) is 6. The lowest BCUT2D eigenvalue weighted by Crippen LogP contribution is -2.38. The molecular formula is C16H17N5O3. The molecule has 3 N–H and O–H groups in total. The highest BCUT2D eigenvalue weighted by atomic mass is 16.6. The van der Waals surface area contributed by atoms with Crippen LogP contribution in [0.25, 0.3) is 5.57 Å². The Labute approximate surface area is 138 Å². The van der Waals surface area contributed by atoms with Crippen LogP contribution in [-0.4, -0.2) is 40.7 Å². The normalized spacial score (nSPS) is 17.8. The number of nitro benzene ring substituents is 1. The molecule has 0 aromatic heterocycles. The molecule has 8 heteroatoms. The summed E-state index contributed by atoms with van der Waals surface area (Å²) in [6.45, 7) is 0.762. The van der Waals surface area contributed by atoms with Crippen molar-refractivity contribution >= 4 is 34.3 Å². The quantitative estimate of drug-likeness (QED) is 0.567. The molecule has 1 fully saturated rings. The van der Waals surface area contributed by atoms with Crippen molar-refractivity contribution in [2.75, 3.05) is 18.9 Å². The molecule has 124 valence electrons. The maximum Gasteiger partial charge on any atom is 0.277 e. The Morgan fingerprint density at radius 1 is 1.33 bits per heavy atom. The first kappa shape index (κ1) is 15.9. The van der Waals surface area contributed by atoms with Gasteiger partial charge in [0.25, 0.3) is 11.6 Å². The van der Waals surface area contributed by atoms with Gasteiger partial charge < -0.3 is 10.2 Å². The second-order valence-electron chi connectivity index (χ2n) is 6.02. The van der Waals surface area contributed by atoms with Gasteiger partial charge in [-0.1, -0.05) is 0 Å². The number of rotatable bonds is 5. The molecule has 1 heterocycles. The lowest BCUT2D eigenvalue weighted by Gasteiger charge is -2.24. The van der Waals surface area contributed by atoms with Gasteiger partial charge >= 0.3 is 0 Å². The first-order valence-corrected chi connectivity index (χ1v) is 7.58. The molecule has 1 aromatic carbocycles. The number of carbonyl (C=O) groups is 1. The number of hydrogen-bond donors (Lipinski definition) is 3. The Hall–Kier alpha value is -3.03. The van der Waals surface area contributed by atoms with Crippen LogP contribution in [0.2, 0.25) is 0 Å². The van der Waals surface area contributed by atoms with E-state index >= 15 is 0 Å². The van der Waals surface area contributed by atoms with E-state index in [0.717, 1.165) is 19.4 Å². The van der Waals surface area contributed by atoms with Gasteiger partial charge in [-0.25, -0.2) is 0 Å². The summed E-state index contributed by atoms with van der Waals surface area (Å²) < 4.78 is 0. The topological polar surface area (TPSA) is 123 Å². The van der Waals surface area contributed by atoms with Crippen molar-refractivity contribution < 1.29 is 9.72 Å². The minimum atomic E-state index is -0.568. The predicted octanol–water partition coefficient (Wildman–Crippen LogP) is 2.27. The molecule has 0 radical (unpaired) electrons. The SMILES string of the molecule is CN1C=C(c2cc([N+](=O)[O-])ccc2NCC2CC2)C(=N)C(=N)C1=O. The van der Waals surface area contributed by atoms with Crippen molar-refractivity contribution in [2.24, 2.45) is 5.92 Å². The van der Waals surface area contributed by atoms with Crippen LogP contribution in [0.4, 0.5) is 11.4 Å². The van der Waals surface area contributed by atoms with Crippen LogP contribution in [-0.2, 0) is 4.79 Å². The van der Waals surface area contributed by atoms with Crippen molar-refractivity contribution in [1.82, 2.24) is 4.90 Å². The molecule has 1 amide bonds. The van der Waals surface area contributed by atoms with Crippen LogP contribution in [0.5, 0.6) is 0 Å². The van der Waals surface area contributed by atoms with E-state index in [2.05, 4.69) is 5.32 Å². The third-order valence-electron chi connectivity index (χ3n) is 4.16. The van der Waals surface area contributed by atoms with Crippen LogP contribution < -0.4 is 5.32 Å². The van der Waals surface area contributed by atoms with Gasteiger partial charge in [0.05, 0.1) is 10.6 Å². The number of non-ortho nitro benzene ring substituents is 1. The molecule has 1 aromatic rings. The van der Waals surface area contributed by atoms with Gasteiger partial charge in [0.15, 0.2) is 0 Å². The third-order valence-corrected chi connectivity index (χ3v) is 4.16. The van der Waals surface area contributed by atoms with Gasteiger partial charge in [0.1, 0.15) is 5.71 Å². The van der Waals surface area contributed by atoms with Crippen LogP contribution in [0.3, 0.4) is 0 Å². The summed E-state index contributed by atoms with van der Waals surface area (Å²) >= 11 is 0. The van der Waals surface area contributed by atoms with Gasteiger partial charge in [-0.15, -0.1) is 0 Å². The number of nitrogens with one attached hydrogen (secondary N) is 3.